The maximum absolute atomic E-state index is 6.39. The van der Waals surface area contributed by atoms with Crippen LogP contribution in [-0.2, 0) is 0 Å². The Morgan fingerprint density at radius 1 is 0.889 bits per heavy atom. The van der Waals surface area contributed by atoms with Gasteiger partial charge in [-0.3, -0.25) is 9.38 Å². The first-order valence-electron chi connectivity index (χ1n) is 9.24. The predicted octanol–water partition coefficient (Wildman–Crippen LogP) is 4.49. The van der Waals surface area contributed by atoms with E-state index in [9.17, 15) is 0 Å². The van der Waals surface area contributed by atoms with Crippen LogP contribution in [0.1, 0.15) is 13.8 Å². The Morgan fingerprint density at radius 3 is 2.26 bits per heavy atom. The standard InChI is InChI=1S/C22H23N5/c1-3-26(4-2)19-7-5-17(6-8-19)21-22(23)27-14-11-18(15-20(27)25-21)16-9-12-24-13-10-16/h5-15H,3-4,23H2,1-2H3. The molecular weight excluding hydrogens is 334 g/mol. The number of nitrogen functional groups attached to an aromatic ring is 1. The third-order valence-electron chi connectivity index (χ3n) is 4.95. The molecule has 4 aromatic rings. The molecule has 0 spiro atoms. The lowest BCUT2D eigenvalue weighted by Gasteiger charge is -2.21. The van der Waals surface area contributed by atoms with Gasteiger partial charge in [-0.05, 0) is 61.4 Å². The van der Waals surface area contributed by atoms with E-state index >= 15 is 0 Å². The average Bonchev–Trinajstić information content (AvgIpc) is 3.06. The number of aromatic nitrogens is 3. The van der Waals surface area contributed by atoms with E-state index in [0.29, 0.717) is 5.82 Å². The molecular formula is C22H23N5. The number of nitrogens with zero attached hydrogens (tertiary/aromatic N) is 4. The molecule has 0 saturated carbocycles. The van der Waals surface area contributed by atoms with Gasteiger partial charge in [0.05, 0.1) is 0 Å². The van der Waals surface area contributed by atoms with Crippen molar-refractivity contribution in [3.63, 3.8) is 0 Å². The topological polar surface area (TPSA) is 59.5 Å². The minimum atomic E-state index is 0.655. The second-order valence-corrected chi connectivity index (χ2v) is 6.44. The van der Waals surface area contributed by atoms with Crippen molar-refractivity contribution in [3.05, 3.63) is 67.1 Å². The van der Waals surface area contributed by atoms with Gasteiger partial charge in [-0.25, -0.2) is 4.98 Å². The lowest BCUT2D eigenvalue weighted by Crippen LogP contribution is -2.21. The van der Waals surface area contributed by atoms with Gasteiger partial charge >= 0.3 is 0 Å². The molecule has 5 nitrogen and oxygen atoms in total. The Bertz CT molecular complexity index is 1050. The molecule has 136 valence electrons. The molecule has 0 fully saturated rings. The highest BCUT2D eigenvalue weighted by molar-refractivity contribution is 5.78. The fraction of sp³-hybridized carbons (Fsp3) is 0.182. The summed E-state index contributed by atoms with van der Waals surface area (Å²) in [5, 5.41) is 0. The highest BCUT2D eigenvalue weighted by Gasteiger charge is 2.13. The smallest absolute Gasteiger partial charge is 0.139 e. The second-order valence-electron chi connectivity index (χ2n) is 6.44. The van der Waals surface area contributed by atoms with Crippen molar-refractivity contribution in [1.82, 2.24) is 14.4 Å². The summed E-state index contributed by atoms with van der Waals surface area (Å²) in [4.78, 5) is 11.2. The van der Waals surface area contributed by atoms with Crippen molar-refractivity contribution in [2.75, 3.05) is 23.7 Å². The molecule has 2 N–H and O–H groups in total. The van der Waals surface area contributed by atoms with E-state index in [1.807, 2.05) is 28.8 Å². The van der Waals surface area contributed by atoms with Crippen molar-refractivity contribution < 1.29 is 0 Å². The van der Waals surface area contributed by atoms with E-state index in [4.69, 9.17) is 10.7 Å². The molecule has 0 aliphatic rings. The van der Waals surface area contributed by atoms with Crippen molar-refractivity contribution >= 4 is 17.2 Å². The van der Waals surface area contributed by atoms with Crippen LogP contribution in [0.3, 0.4) is 0 Å². The monoisotopic (exact) mass is 357 g/mol. The van der Waals surface area contributed by atoms with Gasteiger partial charge in [-0.2, -0.15) is 0 Å². The Morgan fingerprint density at radius 2 is 1.59 bits per heavy atom. The number of pyridine rings is 2. The molecule has 4 rings (SSSR count). The maximum Gasteiger partial charge on any atom is 0.139 e. The first-order valence-corrected chi connectivity index (χ1v) is 9.24. The largest absolute Gasteiger partial charge is 0.383 e. The predicted molar refractivity (Wildman–Crippen MR) is 112 cm³/mol. The number of imidazole rings is 1. The van der Waals surface area contributed by atoms with Crippen molar-refractivity contribution in [2.45, 2.75) is 13.8 Å². The summed E-state index contributed by atoms with van der Waals surface area (Å²) in [6, 6.07) is 16.5. The number of rotatable bonds is 5. The van der Waals surface area contributed by atoms with Crippen LogP contribution in [0.5, 0.6) is 0 Å². The van der Waals surface area contributed by atoms with Crippen molar-refractivity contribution in [3.8, 4) is 22.4 Å². The second kappa shape index (κ2) is 7.11. The van der Waals surface area contributed by atoms with Crippen LogP contribution in [0.15, 0.2) is 67.1 Å². The number of benzene rings is 1. The van der Waals surface area contributed by atoms with Gasteiger partial charge in [-0.15, -0.1) is 0 Å². The van der Waals surface area contributed by atoms with E-state index in [1.54, 1.807) is 12.4 Å². The van der Waals surface area contributed by atoms with E-state index in [1.165, 1.54) is 5.69 Å². The Hall–Kier alpha value is -3.34. The van der Waals surface area contributed by atoms with Crippen LogP contribution in [-0.4, -0.2) is 27.5 Å². The fourth-order valence-electron chi connectivity index (χ4n) is 3.42. The zero-order valence-electron chi connectivity index (χ0n) is 15.6. The molecule has 27 heavy (non-hydrogen) atoms. The van der Waals surface area contributed by atoms with Gasteiger partial charge in [0.25, 0.3) is 0 Å². The SMILES string of the molecule is CCN(CC)c1ccc(-c2nc3cc(-c4ccncc4)ccn3c2N)cc1. The van der Waals surface area contributed by atoms with Gasteiger partial charge in [0.15, 0.2) is 0 Å². The van der Waals surface area contributed by atoms with Gasteiger partial charge < -0.3 is 10.6 Å². The zero-order valence-corrected chi connectivity index (χ0v) is 15.6. The summed E-state index contributed by atoms with van der Waals surface area (Å²) in [5.74, 6) is 0.655. The lowest BCUT2D eigenvalue weighted by atomic mass is 10.1. The number of nitrogens with two attached hydrogens (primary N) is 1. The lowest BCUT2D eigenvalue weighted by molar-refractivity contribution is 0.866. The molecule has 0 saturated heterocycles. The number of hydrogen-bond acceptors (Lipinski definition) is 4. The van der Waals surface area contributed by atoms with Crippen molar-refractivity contribution in [1.29, 1.82) is 0 Å². The molecule has 3 aromatic heterocycles. The average molecular weight is 357 g/mol. The summed E-state index contributed by atoms with van der Waals surface area (Å²) >= 11 is 0. The third-order valence-corrected chi connectivity index (χ3v) is 4.95. The summed E-state index contributed by atoms with van der Waals surface area (Å²) in [7, 11) is 0. The van der Waals surface area contributed by atoms with Crippen LogP contribution >= 0.6 is 0 Å². The van der Waals surface area contributed by atoms with Crippen molar-refractivity contribution in [2.24, 2.45) is 0 Å². The summed E-state index contributed by atoms with van der Waals surface area (Å²) in [6.45, 7) is 6.31. The number of anilines is 2. The number of hydrogen-bond donors (Lipinski definition) is 1. The van der Waals surface area contributed by atoms with E-state index < -0.39 is 0 Å². The normalized spacial score (nSPS) is 11.0. The van der Waals surface area contributed by atoms with E-state index in [2.05, 4.69) is 54.1 Å². The summed E-state index contributed by atoms with van der Waals surface area (Å²) in [5.41, 5.74) is 12.5. The maximum atomic E-state index is 6.39. The Balaban J connectivity index is 1.73. The molecule has 0 radical (unpaired) electrons. The van der Waals surface area contributed by atoms with Crippen LogP contribution in [0.2, 0.25) is 0 Å². The van der Waals surface area contributed by atoms with Gasteiger partial charge in [-0.1, -0.05) is 12.1 Å². The summed E-state index contributed by atoms with van der Waals surface area (Å²) in [6.07, 6.45) is 5.56. The van der Waals surface area contributed by atoms with Crippen LogP contribution in [0.25, 0.3) is 28.0 Å². The van der Waals surface area contributed by atoms with Gasteiger partial charge in [0, 0.05) is 42.9 Å². The molecule has 0 atom stereocenters. The first kappa shape index (κ1) is 17.1. The van der Waals surface area contributed by atoms with Gasteiger partial charge in [0.2, 0.25) is 0 Å². The molecule has 0 unspecified atom stereocenters. The van der Waals surface area contributed by atoms with Crippen LogP contribution in [0, 0.1) is 0 Å². The first-order chi connectivity index (χ1) is 13.2. The molecule has 0 bridgehead atoms. The quantitative estimate of drug-likeness (QED) is 0.572. The number of fused-ring (bicyclic) bond motifs is 1. The molecule has 0 aliphatic carbocycles. The van der Waals surface area contributed by atoms with Crippen LogP contribution in [0.4, 0.5) is 11.5 Å². The zero-order chi connectivity index (χ0) is 18.8. The minimum absolute atomic E-state index is 0.655. The minimum Gasteiger partial charge on any atom is -0.383 e. The van der Waals surface area contributed by atoms with E-state index in [-0.39, 0.29) is 0 Å². The Labute approximate surface area is 159 Å². The molecule has 0 aliphatic heterocycles. The summed E-state index contributed by atoms with van der Waals surface area (Å²) < 4.78 is 1.93. The Kier molecular flexibility index (Phi) is 4.50. The molecule has 1 aromatic carbocycles. The highest BCUT2D eigenvalue weighted by atomic mass is 15.1. The fourth-order valence-corrected chi connectivity index (χ4v) is 3.42. The third kappa shape index (κ3) is 3.12. The van der Waals surface area contributed by atoms with Crippen LogP contribution < -0.4 is 10.6 Å². The highest BCUT2D eigenvalue weighted by Crippen LogP contribution is 2.30. The molecule has 5 heteroatoms. The van der Waals surface area contributed by atoms with Gasteiger partial charge in [0.1, 0.15) is 17.2 Å². The van der Waals surface area contributed by atoms with E-state index in [0.717, 1.165) is 41.1 Å². The molecule has 3 heterocycles. The molecule has 0 amide bonds.